The maximum Gasteiger partial charge on any atom is 0.233 e. The van der Waals surface area contributed by atoms with E-state index in [1.165, 1.54) is 36.6 Å². The zero-order chi connectivity index (χ0) is 16.9. The third kappa shape index (κ3) is 4.17. The Morgan fingerprint density at radius 2 is 1.96 bits per heavy atom. The number of aryl methyl sites for hydroxylation is 1. The minimum atomic E-state index is 0.161. The largest absolute Gasteiger partial charge is 0.342 e. The molecular formula is C18H24N4OS. The van der Waals surface area contributed by atoms with E-state index in [0.29, 0.717) is 17.0 Å². The van der Waals surface area contributed by atoms with E-state index in [9.17, 15) is 4.79 Å². The minimum absolute atomic E-state index is 0.161. The number of carbonyl (C=O) groups is 1. The van der Waals surface area contributed by atoms with Crippen LogP contribution in [0.2, 0.25) is 0 Å². The molecule has 1 aromatic carbocycles. The molecule has 0 radical (unpaired) electrons. The van der Waals surface area contributed by atoms with Crippen LogP contribution < -0.4 is 0 Å². The second-order valence-electron chi connectivity index (χ2n) is 6.42. The van der Waals surface area contributed by atoms with E-state index >= 15 is 0 Å². The first-order valence-electron chi connectivity index (χ1n) is 8.51. The average Bonchev–Trinajstić information content (AvgIpc) is 3.09. The van der Waals surface area contributed by atoms with Gasteiger partial charge in [0.05, 0.1) is 5.75 Å². The lowest BCUT2D eigenvalue weighted by atomic mass is 9.94. The van der Waals surface area contributed by atoms with E-state index in [1.807, 2.05) is 36.2 Å². The molecule has 3 rings (SSSR count). The van der Waals surface area contributed by atoms with Crippen molar-refractivity contribution >= 4 is 17.7 Å². The van der Waals surface area contributed by atoms with Gasteiger partial charge in [-0.3, -0.25) is 9.89 Å². The molecule has 1 heterocycles. The Kier molecular flexibility index (Phi) is 5.56. The quantitative estimate of drug-likeness (QED) is 0.841. The number of thioether (sulfide) groups is 1. The molecule has 0 spiro atoms. The summed E-state index contributed by atoms with van der Waals surface area (Å²) in [6.45, 7) is 2.06. The van der Waals surface area contributed by atoms with Gasteiger partial charge in [0.1, 0.15) is 0 Å². The maximum atomic E-state index is 12.4. The summed E-state index contributed by atoms with van der Waals surface area (Å²) in [5.74, 6) is 1.29. The van der Waals surface area contributed by atoms with Gasteiger partial charge in [0.25, 0.3) is 0 Å². The van der Waals surface area contributed by atoms with Crippen LogP contribution in [0.15, 0.2) is 29.4 Å². The van der Waals surface area contributed by atoms with Gasteiger partial charge in [0, 0.05) is 18.7 Å². The van der Waals surface area contributed by atoms with Crippen molar-refractivity contribution in [2.24, 2.45) is 0 Å². The number of hydrogen-bond donors (Lipinski definition) is 1. The molecule has 6 heteroatoms. The van der Waals surface area contributed by atoms with Crippen LogP contribution >= 0.6 is 11.8 Å². The van der Waals surface area contributed by atoms with E-state index in [0.717, 1.165) is 24.2 Å². The van der Waals surface area contributed by atoms with Crippen molar-refractivity contribution in [1.29, 1.82) is 0 Å². The minimum Gasteiger partial charge on any atom is -0.342 e. The molecule has 1 N–H and O–H groups in total. The summed E-state index contributed by atoms with van der Waals surface area (Å²) in [6, 6.07) is 8.54. The van der Waals surface area contributed by atoms with E-state index in [2.05, 4.69) is 22.1 Å². The van der Waals surface area contributed by atoms with Crippen molar-refractivity contribution in [3.05, 3.63) is 29.8 Å². The highest BCUT2D eigenvalue weighted by Crippen LogP contribution is 2.23. The molecule has 24 heavy (non-hydrogen) atoms. The fourth-order valence-electron chi connectivity index (χ4n) is 3.05. The standard InChI is InChI=1S/C18H24N4OS/c1-13-8-10-14(11-9-13)17-19-18(21-20-17)24-12-16(23)22(2)15-6-4-3-5-7-15/h8-11,15H,3-7,12H2,1-2H3,(H,19,20,21). The SMILES string of the molecule is Cc1ccc(-c2nc(SCC(=O)N(C)C3CCCCC3)n[nH]2)cc1. The van der Waals surface area contributed by atoms with E-state index < -0.39 is 0 Å². The van der Waals surface area contributed by atoms with Gasteiger partial charge in [-0.1, -0.05) is 60.9 Å². The number of amides is 1. The lowest BCUT2D eigenvalue weighted by molar-refractivity contribution is -0.129. The molecule has 1 aliphatic rings. The first-order chi connectivity index (χ1) is 11.6. The van der Waals surface area contributed by atoms with Gasteiger partial charge in [-0.25, -0.2) is 4.98 Å². The summed E-state index contributed by atoms with van der Waals surface area (Å²) >= 11 is 1.39. The van der Waals surface area contributed by atoms with E-state index in [1.54, 1.807) is 0 Å². The first kappa shape index (κ1) is 17.0. The van der Waals surface area contributed by atoms with Gasteiger partial charge in [0.2, 0.25) is 11.1 Å². The molecule has 1 aliphatic carbocycles. The van der Waals surface area contributed by atoms with Crippen LogP contribution in [-0.4, -0.2) is 44.8 Å². The van der Waals surface area contributed by atoms with Gasteiger partial charge < -0.3 is 4.90 Å². The summed E-state index contributed by atoms with van der Waals surface area (Å²) in [7, 11) is 1.93. The Labute approximate surface area is 147 Å². The molecule has 0 atom stereocenters. The third-order valence-corrected chi connectivity index (χ3v) is 5.46. The average molecular weight is 344 g/mol. The Balaban J connectivity index is 1.55. The van der Waals surface area contributed by atoms with Gasteiger partial charge in [0.15, 0.2) is 5.82 Å². The summed E-state index contributed by atoms with van der Waals surface area (Å²) < 4.78 is 0. The highest BCUT2D eigenvalue weighted by Gasteiger charge is 2.22. The number of H-pyrrole nitrogens is 1. The summed E-state index contributed by atoms with van der Waals surface area (Å²) in [6.07, 6.45) is 6.02. The molecule has 0 unspecified atom stereocenters. The van der Waals surface area contributed by atoms with Crippen LogP contribution in [0.4, 0.5) is 0 Å². The normalized spacial score (nSPS) is 15.4. The number of hydrogen-bond acceptors (Lipinski definition) is 4. The lowest BCUT2D eigenvalue weighted by Gasteiger charge is -2.31. The summed E-state index contributed by atoms with van der Waals surface area (Å²) in [4.78, 5) is 18.8. The zero-order valence-corrected chi connectivity index (χ0v) is 15.1. The molecule has 1 fully saturated rings. The fraction of sp³-hybridized carbons (Fsp3) is 0.500. The Morgan fingerprint density at radius 3 is 2.67 bits per heavy atom. The highest BCUT2D eigenvalue weighted by molar-refractivity contribution is 7.99. The third-order valence-electron chi connectivity index (χ3n) is 4.63. The number of rotatable bonds is 5. The van der Waals surface area contributed by atoms with Crippen LogP contribution in [-0.2, 0) is 4.79 Å². The van der Waals surface area contributed by atoms with E-state index in [-0.39, 0.29) is 5.91 Å². The molecule has 0 saturated heterocycles. The first-order valence-corrected chi connectivity index (χ1v) is 9.50. The highest BCUT2D eigenvalue weighted by atomic mass is 32.2. The van der Waals surface area contributed by atoms with Gasteiger partial charge in [-0.2, -0.15) is 0 Å². The Bertz CT molecular complexity index is 677. The molecule has 128 valence electrons. The molecule has 0 aliphatic heterocycles. The number of nitrogens with zero attached hydrogens (tertiary/aromatic N) is 3. The molecule has 1 amide bonds. The fourth-order valence-corrected chi connectivity index (χ4v) is 3.77. The molecular weight excluding hydrogens is 320 g/mol. The lowest BCUT2D eigenvalue weighted by Crippen LogP contribution is -2.39. The van der Waals surface area contributed by atoms with Crippen molar-refractivity contribution in [2.45, 2.75) is 50.2 Å². The molecule has 5 nitrogen and oxygen atoms in total. The Hall–Kier alpha value is -1.82. The number of benzene rings is 1. The maximum absolute atomic E-state index is 12.4. The predicted molar refractivity (Wildman–Crippen MR) is 96.9 cm³/mol. The van der Waals surface area contributed by atoms with Crippen LogP contribution in [0.25, 0.3) is 11.4 Å². The number of carbonyl (C=O) groups excluding carboxylic acids is 1. The van der Waals surface area contributed by atoms with Crippen molar-refractivity contribution in [2.75, 3.05) is 12.8 Å². The predicted octanol–water partition coefficient (Wildman–Crippen LogP) is 3.66. The van der Waals surface area contributed by atoms with Crippen molar-refractivity contribution in [1.82, 2.24) is 20.1 Å². The Morgan fingerprint density at radius 1 is 1.25 bits per heavy atom. The molecule has 2 aromatic rings. The number of nitrogens with one attached hydrogen (secondary N) is 1. The molecule has 1 saturated carbocycles. The smallest absolute Gasteiger partial charge is 0.233 e. The van der Waals surface area contributed by atoms with Gasteiger partial charge in [-0.05, 0) is 19.8 Å². The van der Waals surface area contributed by atoms with Gasteiger partial charge >= 0.3 is 0 Å². The second kappa shape index (κ2) is 7.83. The van der Waals surface area contributed by atoms with Crippen molar-refractivity contribution in [3.63, 3.8) is 0 Å². The van der Waals surface area contributed by atoms with Crippen LogP contribution in [0, 0.1) is 6.92 Å². The topological polar surface area (TPSA) is 61.9 Å². The van der Waals surface area contributed by atoms with Gasteiger partial charge in [-0.15, -0.1) is 5.10 Å². The monoisotopic (exact) mass is 344 g/mol. The molecule has 0 bridgehead atoms. The van der Waals surface area contributed by atoms with Crippen molar-refractivity contribution < 1.29 is 4.79 Å². The van der Waals surface area contributed by atoms with Crippen LogP contribution in [0.3, 0.4) is 0 Å². The van der Waals surface area contributed by atoms with Crippen LogP contribution in [0.1, 0.15) is 37.7 Å². The summed E-state index contributed by atoms with van der Waals surface area (Å²) in [5, 5.41) is 7.79. The number of aromatic nitrogens is 3. The van der Waals surface area contributed by atoms with Crippen LogP contribution in [0.5, 0.6) is 0 Å². The second-order valence-corrected chi connectivity index (χ2v) is 7.36. The molecule has 1 aromatic heterocycles. The van der Waals surface area contributed by atoms with Crippen molar-refractivity contribution in [3.8, 4) is 11.4 Å². The zero-order valence-electron chi connectivity index (χ0n) is 14.3. The number of aromatic amines is 1. The summed E-state index contributed by atoms with van der Waals surface area (Å²) in [5.41, 5.74) is 2.22. The van der Waals surface area contributed by atoms with E-state index in [4.69, 9.17) is 0 Å².